The fraction of sp³-hybridized carbons (Fsp3) is 0.130. The van der Waals surface area contributed by atoms with Gasteiger partial charge in [0.1, 0.15) is 0 Å². The van der Waals surface area contributed by atoms with Crippen molar-refractivity contribution in [2.45, 2.75) is 17.5 Å². The number of aromatic carboxylic acids is 1. The summed E-state index contributed by atoms with van der Waals surface area (Å²) in [5, 5.41) is 11.5. The molecule has 0 heterocycles. The number of carbonyl (C=O) groups excluding carboxylic acids is 1. The molecule has 0 aliphatic carbocycles. The molecule has 1 amide bonds. The average Bonchev–Trinajstić information content (AvgIpc) is 2.80. The molecule has 3 aromatic carbocycles. The first kappa shape index (κ1) is 26.0. The molecule has 0 aliphatic heterocycles. The summed E-state index contributed by atoms with van der Waals surface area (Å²) in [6, 6.07) is 13.2. The van der Waals surface area contributed by atoms with Gasteiger partial charge in [-0.3, -0.25) is 9.52 Å². The van der Waals surface area contributed by atoms with Gasteiger partial charge in [-0.25, -0.2) is 13.2 Å². The Balaban J connectivity index is 1.70. The van der Waals surface area contributed by atoms with Gasteiger partial charge >= 0.3 is 12.1 Å². The Hall–Kier alpha value is -3.57. The van der Waals surface area contributed by atoms with Gasteiger partial charge in [-0.1, -0.05) is 29.8 Å². The number of carboxylic acids is 1. The van der Waals surface area contributed by atoms with Crippen molar-refractivity contribution >= 4 is 39.2 Å². The van der Waals surface area contributed by atoms with E-state index < -0.39 is 38.5 Å². The van der Waals surface area contributed by atoms with Crippen molar-refractivity contribution in [3.8, 4) is 0 Å². The summed E-state index contributed by atoms with van der Waals surface area (Å²) in [6.45, 7) is 0.208. The normalized spacial score (nSPS) is 11.7. The third kappa shape index (κ3) is 6.74. The minimum atomic E-state index is -4.72. The van der Waals surface area contributed by atoms with Crippen molar-refractivity contribution in [1.29, 1.82) is 0 Å². The van der Waals surface area contributed by atoms with Crippen LogP contribution in [-0.4, -0.2) is 31.9 Å². The van der Waals surface area contributed by atoms with Gasteiger partial charge in [-0.2, -0.15) is 13.2 Å². The van der Waals surface area contributed by atoms with Crippen molar-refractivity contribution in [3.05, 3.63) is 94.0 Å². The van der Waals surface area contributed by atoms with Gasteiger partial charge in [0.05, 0.1) is 26.7 Å². The molecule has 0 saturated carbocycles. The molecule has 0 radical (unpaired) electrons. The number of sulfonamides is 1. The highest BCUT2D eigenvalue weighted by molar-refractivity contribution is 7.92. The van der Waals surface area contributed by atoms with Gasteiger partial charge in [0.25, 0.3) is 15.9 Å². The topological polar surface area (TPSA) is 113 Å². The summed E-state index contributed by atoms with van der Waals surface area (Å²) in [6.07, 6.45) is -4.31. The lowest BCUT2D eigenvalue weighted by atomic mass is 10.1. The lowest BCUT2D eigenvalue weighted by Crippen LogP contribution is -2.26. The van der Waals surface area contributed by atoms with E-state index in [4.69, 9.17) is 16.7 Å². The number of alkyl halides is 3. The summed E-state index contributed by atoms with van der Waals surface area (Å²) in [5.41, 5.74) is -0.310. The van der Waals surface area contributed by atoms with Crippen LogP contribution in [0.1, 0.15) is 31.8 Å². The van der Waals surface area contributed by atoms with E-state index in [1.807, 2.05) is 0 Å². The van der Waals surface area contributed by atoms with Crippen molar-refractivity contribution in [2.24, 2.45) is 0 Å². The van der Waals surface area contributed by atoms with Crippen LogP contribution < -0.4 is 10.0 Å². The largest absolute Gasteiger partial charge is 0.478 e. The van der Waals surface area contributed by atoms with Gasteiger partial charge in [-0.15, -0.1) is 0 Å². The van der Waals surface area contributed by atoms with Crippen LogP contribution in [-0.2, 0) is 22.6 Å². The van der Waals surface area contributed by atoms with E-state index in [1.54, 1.807) is 12.1 Å². The number of hydrogen-bond acceptors (Lipinski definition) is 4. The van der Waals surface area contributed by atoms with Crippen molar-refractivity contribution in [2.75, 3.05) is 11.3 Å². The van der Waals surface area contributed by atoms with E-state index >= 15 is 0 Å². The smallest absolute Gasteiger partial charge is 0.416 e. The van der Waals surface area contributed by atoms with Crippen LogP contribution in [0.2, 0.25) is 5.02 Å². The minimum Gasteiger partial charge on any atom is -0.478 e. The fourth-order valence-corrected chi connectivity index (χ4v) is 4.36. The molecule has 12 heteroatoms. The second-order valence-electron chi connectivity index (χ2n) is 7.33. The van der Waals surface area contributed by atoms with Crippen LogP contribution in [0.15, 0.2) is 71.6 Å². The number of benzene rings is 3. The monoisotopic (exact) mass is 526 g/mol. The first-order chi connectivity index (χ1) is 16.4. The average molecular weight is 527 g/mol. The molecule has 0 aliphatic rings. The molecule has 3 rings (SSSR count). The number of nitrogens with one attached hydrogen (secondary N) is 2. The van der Waals surface area contributed by atoms with Crippen molar-refractivity contribution < 1.29 is 36.3 Å². The SMILES string of the molecule is O=C(O)c1ccc(CCNC(=O)c2ccc(Cl)c(NS(=O)(=O)c3cccc(C(F)(F)F)c3)c2)cc1. The molecule has 35 heavy (non-hydrogen) atoms. The second-order valence-corrected chi connectivity index (χ2v) is 9.42. The van der Waals surface area contributed by atoms with Gasteiger partial charge in [-0.05, 0) is 60.5 Å². The molecular formula is C23H18ClF3N2O5S. The fourth-order valence-electron chi connectivity index (χ4n) is 3.02. The van der Waals surface area contributed by atoms with Crippen LogP contribution in [0.5, 0.6) is 0 Å². The molecule has 0 fully saturated rings. The highest BCUT2D eigenvalue weighted by atomic mass is 35.5. The zero-order valence-corrected chi connectivity index (χ0v) is 19.3. The maximum absolute atomic E-state index is 12.9. The molecule has 0 saturated heterocycles. The summed E-state index contributed by atoms with van der Waals surface area (Å²) >= 11 is 6.04. The number of amides is 1. The molecule has 0 bridgehead atoms. The Bertz CT molecular complexity index is 1360. The molecular weight excluding hydrogens is 509 g/mol. The Labute approximate surface area is 203 Å². The maximum atomic E-state index is 12.9. The summed E-state index contributed by atoms with van der Waals surface area (Å²) in [5.74, 6) is -1.59. The quantitative estimate of drug-likeness (QED) is 0.389. The number of hydrogen-bond donors (Lipinski definition) is 3. The standard InChI is InChI=1S/C23H18ClF3N2O5S/c24-19-9-8-16(21(30)28-11-10-14-4-6-15(7-5-14)22(31)32)12-20(19)29-35(33,34)18-3-1-2-17(13-18)23(25,26)27/h1-9,12-13,29H,10-11H2,(H,28,30)(H,31,32). The number of rotatable bonds is 8. The van der Waals surface area contributed by atoms with Crippen LogP contribution in [0.25, 0.3) is 0 Å². The van der Waals surface area contributed by atoms with E-state index in [0.717, 1.165) is 23.8 Å². The Kier molecular flexibility index (Phi) is 7.71. The number of carbonyl (C=O) groups is 2. The van der Waals surface area contributed by atoms with Crippen LogP contribution in [0.3, 0.4) is 0 Å². The first-order valence-corrected chi connectivity index (χ1v) is 11.8. The molecule has 7 nitrogen and oxygen atoms in total. The van der Waals surface area contributed by atoms with Crippen molar-refractivity contribution in [1.82, 2.24) is 5.32 Å². The third-order valence-corrected chi connectivity index (χ3v) is 6.54. The lowest BCUT2D eigenvalue weighted by molar-refractivity contribution is -0.137. The van der Waals surface area contributed by atoms with E-state index in [-0.39, 0.29) is 28.4 Å². The second kappa shape index (κ2) is 10.4. The van der Waals surface area contributed by atoms with E-state index in [1.165, 1.54) is 30.3 Å². The molecule has 0 unspecified atom stereocenters. The molecule has 3 aromatic rings. The molecule has 0 aromatic heterocycles. The third-order valence-electron chi connectivity index (χ3n) is 4.84. The maximum Gasteiger partial charge on any atom is 0.416 e. The van der Waals surface area contributed by atoms with Gasteiger partial charge < -0.3 is 10.4 Å². The van der Waals surface area contributed by atoms with Gasteiger partial charge in [0.2, 0.25) is 0 Å². The molecule has 3 N–H and O–H groups in total. The Morgan fingerprint density at radius 2 is 1.60 bits per heavy atom. The predicted molar refractivity (Wildman–Crippen MR) is 123 cm³/mol. The zero-order chi connectivity index (χ0) is 25.8. The number of halogens is 4. The Morgan fingerprint density at radius 1 is 0.943 bits per heavy atom. The lowest BCUT2D eigenvalue weighted by Gasteiger charge is -2.13. The molecule has 0 atom stereocenters. The van der Waals surface area contributed by atoms with Gasteiger partial charge in [0.15, 0.2) is 0 Å². The highest BCUT2D eigenvalue weighted by Gasteiger charge is 2.31. The van der Waals surface area contributed by atoms with Crippen LogP contribution >= 0.6 is 11.6 Å². The molecule has 184 valence electrons. The number of carboxylic acid groups (broad SMARTS) is 1. The summed E-state index contributed by atoms with van der Waals surface area (Å²) in [4.78, 5) is 22.8. The van der Waals surface area contributed by atoms with Crippen molar-refractivity contribution in [3.63, 3.8) is 0 Å². The summed E-state index contributed by atoms with van der Waals surface area (Å²) < 4.78 is 66.2. The van der Waals surface area contributed by atoms with E-state index in [2.05, 4.69) is 10.0 Å². The predicted octanol–water partition coefficient (Wildman–Crippen LogP) is 4.83. The highest BCUT2D eigenvalue weighted by Crippen LogP contribution is 2.31. The molecule has 0 spiro atoms. The Morgan fingerprint density at radius 3 is 2.23 bits per heavy atom. The van der Waals surface area contributed by atoms with E-state index in [9.17, 15) is 31.2 Å². The van der Waals surface area contributed by atoms with Crippen LogP contribution in [0.4, 0.5) is 18.9 Å². The first-order valence-electron chi connectivity index (χ1n) is 9.97. The van der Waals surface area contributed by atoms with E-state index in [0.29, 0.717) is 12.5 Å². The zero-order valence-electron chi connectivity index (χ0n) is 17.8. The number of anilines is 1. The van der Waals surface area contributed by atoms with Gasteiger partial charge in [0, 0.05) is 12.1 Å². The van der Waals surface area contributed by atoms with Crippen LogP contribution in [0, 0.1) is 0 Å². The summed E-state index contributed by atoms with van der Waals surface area (Å²) in [7, 11) is -4.43. The minimum absolute atomic E-state index is 0.0596.